The van der Waals surface area contributed by atoms with Gasteiger partial charge in [-0.05, 0) is 45.5 Å². The van der Waals surface area contributed by atoms with Gasteiger partial charge in [-0.15, -0.1) is 0 Å². The number of hydrogen-bond donors (Lipinski definition) is 2. The first-order valence-corrected chi connectivity index (χ1v) is 5.82. The third kappa shape index (κ3) is 1.49. The highest BCUT2D eigenvalue weighted by Gasteiger charge is 2.61. The lowest BCUT2D eigenvalue weighted by Crippen LogP contribution is -2.19. The van der Waals surface area contributed by atoms with E-state index in [0.29, 0.717) is 4.47 Å². The number of aromatic hydroxyl groups is 1. The van der Waals surface area contributed by atoms with Gasteiger partial charge in [0.05, 0.1) is 11.1 Å². The fraction of sp³-hybridized carbons (Fsp3) is 0.500. The molecular formula is C12H15BrO2. The van der Waals surface area contributed by atoms with Crippen LogP contribution in [0, 0.1) is 5.41 Å². The monoisotopic (exact) mass is 270 g/mol. The fourth-order valence-electron chi connectivity index (χ4n) is 2.37. The third-order valence-corrected chi connectivity index (χ3v) is 4.32. The van der Waals surface area contributed by atoms with Crippen molar-refractivity contribution in [1.29, 1.82) is 0 Å². The van der Waals surface area contributed by atoms with Gasteiger partial charge < -0.3 is 10.2 Å². The van der Waals surface area contributed by atoms with E-state index >= 15 is 0 Å². The number of rotatable bonds is 2. The summed E-state index contributed by atoms with van der Waals surface area (Å²) in [7, 11) is 0. The Morgan fingerprint density at radius 3 is 2.40 bits per heavy atom. The topological polar surface area (TPSA) is 40.5 Å². The van der Waals surface area contributed by atoms with Crippen LogP contribution in [0.1, 0.15) is 25.8 Å². The molecule has 0 amide bonds. The maximum absolute atomic E-state index is 9.53. The van der Waals surface area contributed by atoms with Crippen molar-refractivity contribution in [2.45, 2.75) is 25.7 Å². The van der Waals surface area contributed by atoms with E-state index in [1.807, 2.05) is 12.1 Å². The summed E-state index contributed by atoms with van der Waals surface area (Å²) >= 11 is 3.30. The van der Waals surface area contributed by atoms with Crippen LogP contribution in [0.5, 0.6) is 5.75 Å². The van der Waals surface area contributed by atoms with Crippen LogP contribution in [0.4, 0.5) is 0 Å². The van der Waals surface area contributed by atoms with Crippen molar-refractivity contribution >= 4 is 15.9 Å². The Balaban J connectivity index is 2.42. The Labute approximate surface area is 98.1 Å². The van der Waals surface area contributed by atoms with Crippen LogP contribution < -0.4 is 0 Å². The molecule has 1 atom stereocenters. The SMILES string of the molecule is CC1(C)CC1(CO)c1ccc(O)c(Br)c1. The lowest BCUT2D eigenvalue weighted by atomic mass is 9.89. The summed E-state index contributed by atoms with van der Waals surface area (Å²) in [6.07, 6.45) is 0.994. The maximum Gasteiger partial charge on any atom is 0.129 e. The van der Waals surface area contributed by atoms with E-state index in [1.54, 1.807) is 6.07 Å². The number of aliphatic hydroxyl groups is 1. The zero-order valence-corrected chi connectivity index (χ0v) is 10.5. The molecule has 0 saturated heterocycles. The van der Waals surface area contributed by atoms with Gasteiger partial charge in [-0.3, -0.25) is 0 Å². The van der Waals surface area contributed by atoms with E-state index in [2.05, 4.69) is 29.8 Å². The number of halogens is 1. The summed E-state index contributed by atoms with van der Waals surface area (Å²) in [5.41, 5.74) is 1.13. The van der Waals surface area contributed by atoms with Crippen molar-refractivity contribution in [2.24, 2.45) is 5.41 Å². The standard InChI is InChI=1S/C12H15BrO2/c1-11(2)6-12(11,7-14)8-3-4-10(15)9(13)5-8/h3-5,14-15H,6-7H2,1-2H3. The van der Waals surface area contributed by atoms with Crippen LogP contribution in [0.25, 0.3) is 0 Å². The summed E-state index contributed by atoms with van der Waals surface area (Å²) in [5.74, 6) is 0.241. The molecule has 1 saturated carbocycles. The highest BCUT2D eigenvalue weighted by molar-refractivity contribution is 9.10. The van der Waals surface area contributed by atoms with Crippen molar-refractivity contribution in [2.75, 3.05) is 6.61 Å². The van der Waals surface area contributed by atoms with Crippen LogP contribution >= 0.6 is 15.9 Å². The van der Waals surface area contributed by atoms with Crippen molar-refractivity contribution < 1.29 is 10.2 Å². The second-order valence-electron chi connectivity index (χ2n) is 4.97. The van der Waals surface area contributed by atoms with Gasteiger partial charge in [0.2, 0.25) is 0 Å². The highest BCUT2D eigenvalue weighted by Crippen LogP contribution is 2.64. The molecule has 0 spiro atoms. The maximum atomic E-state index is 9.53. The molecule has 3 heteroatoms. The van der Waals surface area contributed by atoms with Crippen LogP contribution in [-0.4, -0.2) is 16.8 Å². The predicted molar refractivity (Wildman–Crippen MR) is 63.0 cm³/mol. The summed E-state index contributed by atoms with van der Waals surface area (Å²) in [5, 5.41) is 19.0. The zero-order valence-electron chi connectivity index (χ0n) is 8.92. The molecule has 15 heavy (non-hydrogen) atoms. The third-order valence-electron chi connectivity index (χ3n) is 3.68. The van der Waals surface area contributed by atoms with Gasteiger partial charge in [-0.1, -0.05) is 19.9 Å². The molecule has 2 N–H and O–H groups in total. The summed E-state index contributed by atoms with van der Waals surface area (Å²) in [4.78, 5) is 0. The van der Waals surface area contributed by atoms with E-state index in [4.69, 9.17) is 0 Å². The lowest BCUT2D eigenvalue weighted by Gasteiger charge is -2.18. The normalized spacial score (nSPS) is 27.7. The summed E-state index contributed by atoms with van der Waals surface area (Å²) < 4.78 is 0.690. The second kappa shape index (κ2) is 3.22. The summed E-state index contributed by atoms with van der Waals surface area (Å²) in [6.45, 7) is 4.48. The van der Waals surface area contributed by atoms with Gasteiger partial charge in [0.1, 0.15) is 5.75 Å². The number of phenols is 1. The van der Waals surface area contributed by atoms with Crippen molar-refractivity contribution in [3.63, 3.8) is 0 Å². The Kier molecular flexibility index (Phi) is 2.36. The second-order valence-corrected chi connectivity index (χ2v) is 5.82. The van der Waals surface area contributed by atoms with E-state index in [1.165, 1.54) is 0 Å². The minimum Gasteiger partial charge on any atom is -0.507 e. The molecular weight excluding hydrogens is 256 g/mol. The first-order chi connectivity index (χ1) is 6.93. The van der Waals surface area contributed by atoms with E-state index < -0.39 is 0 Å². The molecule has 0 aliphatic heterocycles. The lowest BCUT2D eigenvalue weighted by molar-refractivity contribution is 0.231. The molecule has 1 aliphatic carbocycles. The van der Waals surface area contributed by atoms with Gasteiger partial charge in [0.15, 0.2) is 0 Å². The first-order valence-electron chi connectivity index (χ1n) is 5.03. The van der Waals surface area contributed by atoms with Crippen molar-refractivity contribution in [1.82, 2.24) is 0 Å². The Bertz CT molecular complexity index is 401. The van der Waals surface area contributed by atoms with Crippen LogP contribution in [0.3, 0.4) is 0 Å². The zero-order chi connectivity index (χ0) is 11.3. The molecule has 1 unspecified atom stereocenters. The van der Waals surface area contributed by atoms with Crippen LogP contribution in [0.2, 0.25) is 0 Å². The first kappa shape index (κ1) is 11.0. The van der Waals surface area contributed by atoms with Gasteiger partial charge >= 0.3 is 0 Å². The molecule has 0 bridgehead atoms. The molecule has 0 aromatic heterocycles. The Morgan fingerprint density at radius 2 is 2.00 bits per heavy atom. The quantitative estimate of drug-likeness (QED) is 0.868. The molecule has 1 aromatic carbocycles. The molecule has 2 rings (SSSR count). The Hall–Kier alpha value is -0.540. The van der Waals surface area contributed by atoms with Crippen LogP contribution in [0.15, 0.2) is 22.7 Å². The average Bonchev–Trinajstić information content (AvgIpc) is 2.75. The molecule has 2 nitrogen and oxygen atoms in total. The van der Waals surface area contributed by atoms with Crippen molar-refractivity contribution in [3.8, 4) is 5.75 Å². The molecule has 1 aliphatic rings. The fourth-order valence-corrected chi connectivity index (χ4v) is 2.75. The highest BCUT2D eigenvalue weighted by atomic mass is 79.9. The minimum atomic E-state index is -0.122. The van der Waals surface area contributed by atoms with E-state index in [0.717, 1.165) is 12.0 Å². The smallest absolute Gasteiger partial charge is 0.129 e. The Morgan fingerprint density at radius 1 is 1.40 bits per heavy atom. The average molecular weight is 271 g/mol. The van der Waals surface area contributed by atoms with E-state index in [-0.39, 0.29) is 23.2 Å². The van der Waals surface area contributed by atoms with E-state index in [9.17, 15) is 10.2 Å². The van der Waals surface area contributed by atoms with Crippen LogP contribution in [-0.2, 0) is 5.41 Å². The number of hydrogen-bond acceptors (Lipinski definition) is 2. The van der Waals surface area contributed by atoms with Gasteiger partial charge in [-0.25, -0.2) is 0 Å². The van der Waals surface area contributed by atoms with Crippen molar-refractivity contribution in [3.05, 3.63) is 28.2 Å². The number of phenolic OH excluding ortho intramolecular Hbond substituents is 1. The largest absolute Gasteiger partial charge is 0.507 e. The van der Waals surface area contributed by atoms with Gasteiger partial charge in [0, 0.05) is 5.41 Å². The minimum absolute atomic E-state index is 0.122. The predicted octanol–water partition coefficient (Wildman–Crippen LogP) is 2.81. The van der Waals surface area contributed by atoms with Gasteiger partial charge in [-0.2, -0.15) is 0 Å². The number of benzene rings is 1. The number of aliphatic hydroxyl groups excluding tert-OH is 1. The molecule has 82 valence electrons. The summed E-state index contributed by atoms with van der Waals surface area (Å²) in [6, 6.07) is 5.47. The molecule has 1 fully saturated rings. The molecule has 1 aromatic rings. The molecule has 0 heterocycles. The van der Waals surface area contributed by atoms with Gasteiger partial charge in [0.25, 0.3) is 0 Å². The molecule has 0 radical (unpaired) electrons.